The molecule has 0 saturated heterocycles. The number of nitriles is 1. The molecule has 1 aromatic rings. The highest BCUT2D eigenvalue weighted by atomic mass is 32.2. The van der Waals surface area contributed by atoms with E-state index in [-0.39, 0.29) is 17.0 Å². The van der Waals surface area contributed by atoms with Gasteiger partial charge in [-0.25, -0.2) is 13.4 Å². The fraction of sp³-hybridized carbons (Fsp3) is 0.300. The molecule has 96 valence electrons. The molecule has 0 radical (unpaired) electrons. The summed E-state index contributed by atoms with van der Waals surface area (Å²) in [4.78, 5) is 14.2. The number of carboxylic acid groups (broad SMARTS) is 1. The van der Waals surface area contributed by atoms with Crippen LogP contribution in [0.4, 0.5) is 0 Å². The highest BCUT2D eigenvalue weighted by Gasteiger charge is 2.23. The van der Waals surface area contributed by atoms with Crippen molar-refractivity contribution in [2.75, 3.05) is 0 Å². The highest BCUT2D eigenvalue weighted by Crippen LogP contribution is 2.09. The van der Waals surface area contributed by atoms with Crippen LogP contribution in [0, 0.1) is 11.3 Å². The van der Waals surface area contributed by atoms with Crippen LogP contribution in [0.5, 0.6) is 0 Å². The van der Waals surface area contributed by atoms with Crippen LogP contribution in [0.15, 0.2) is 23.2 Å². The molecule has 0 amide bonds. The molecule has 0 aliphatic heterocycles. The van der Waals surface area contributed by atoms with E-state index in [1.807, 2.05) is 4.72 Å². The first-order chi connectivity index (χ1) is 8.40. The second-order valence-corrected chi connectivity index (χ2v) is 5.13. The van der Waals surface area contributed by atoms with Crippen molar-refractivity contribution in [2.45, 2.75) is 24.3 Å². The molecule has 0 saturated carbocycles. The lowest BCUT2D eigenvalue weighted by atomic mass is 10.2. The van der Waals surface area contributed by atoms with Crippen LogP contribution in [0.2, 0.25) is 0 Å². The summed E-state index contributed by atoms with van der Waals surface area (Å²) in [6, 6.07) is 3.01. The van der Waals surface area contributed by atoms with Gasteiger partial charge in [-0.2, -0.15) is 9.98 Å². The van der Waals surface area contributed by atoms with Gasteiger partial charge in [0.25, 0.3) is 0 Å². The average molecular weight is 269 g/mol. The molecule has 0 unspecified atom stereocenters. The maximum Gasteiger partial charge on any atom is 0.321 e. The smallest absolute Gasteiger partial charge is 0.321 e. The number of hydrogen-bond acceptors (Lipinski definition) is 5. The van der Waals surface area contributed by atoms with Gasteiger partial charge in [-0.1, -0.05) is 6.92 Å². The third-order valence-corrected chi connectivity index (χ3v) is 3.62. The summed E-state index contributed by atoms with van der Waals surface area (Å²) in [5.41, 5.74) is 0.0826. The van der Waals surface area contributed by atoms with Crippen LogP contribution in [-0.4, -0.2) is 30.5 Å². The Morgan fingerprint density at radius 1 is 1.61 bits per heavy atom. The van der Waals surface area contributed by atoms with Gasteiger partial charge >= 0.3 is 5.97 Å². The molecule has 0 aliphatic rings. The summed E-state index contributed by atoms with van der Waals surface area (Å²) in [6.07, 6.45) is 1.13. The van der Waals surface area contributed by atoms with Gasteiger partial charge in [0.05, 0.1) is 0 Å². The van der Waals surface area contributed by atoms with Crippen molar-refractivity contribution in [3.8, 4) is 6.07 Å². The molecule has 0 spiro atoms. The van der Waals surface area contributed by atoms with Gasteiger partial charge in [-0.05, 0) is 18.6 Å². The molecule has 0 aromatic carbocycles. The van der Waals surface area contributed by atoms with E-state index in [1.165, 1.54) is 12.1 Å². The Balaban J connectivity index is 2.99. The number of nitrogens with one attached hydrogen (secondary N) is 1. The zero-order chi connectivity index (χ0) is 13.8. The van der Waals surface area contributed by atoms with Crippen molar-refractivity contribution in [2.24, 2.45) is 0 Å². The Morgan fingerprint density at radius 2 is 2.28 bits per heavy atom. The minimum atomic E-state index is -3.94. The maximum absolute atomic E-state index is 11.8. The van der Waals surface area contributed by atoms with Crippen molar-refractivity contribution < 1.29 is 18.3 Å². The van der Waals surface area contributed by atoms with Gasteiger partial charge in [0.2, 0.25) is 10.0 Å². The van der Waals surface area contributed by atoms with E-state index in [1.54, 1.807) is 13.0 Å². The van der Waals surface area contributed by atoms with Gasteiger partial charge in [0, 0.05) is 6.20 Å². The zero-order valence-electron chi connectivity index (χ0n) is 9.49. The summed E-state index contributed by atoms with van der Waals surface area (Å²) in [5.74, 6) is -1.25. The molecule has 8 heteroatoms. The van der Waals surface area contributed by atoms with Crippen molar-refractivity contribution in [3.63, 3.8) is 0 Å². The number of rotatable bonds is 5. The summed E-state index contributed by atoms with van der Waals surface area (Å²) in [7, 11) is -3.94. The highest BCUT2D eigenvalue weighted by molar-refractivity contribution is 7.89. The van der Waals surface area contributed by atoms with Gasteiger partial charge in [0.15, 0.2) is 0 Å². The van der Waals surface area contributed by atoms with E-state index in [4.69, 9.17) is 10.4 Å². The van der Waals surface area contributed by atoms with Gasteiger partial charge in [-0.15, -0.1) is 0 Å². The third-order valence-electron chi connectivity index (χ3n) is 2.16. The second kappa shape index (κ2) is 5.57. The average Bonchev–Trinajstić information content (AvgIpc) is 2.35. The monoisotopic (exact) mass is 269 g/mol. The Kier molecular flexibility index (Phi) is 4.36. The first-order valence-electron chi connectivity index (χ1n) is 5.02. The van der Waals surface area contributed by atoms with Crippen LogP contribution < -0.4 is 4.72 Å². The predicted octanol–water partition coefficient (Wildman–Crippen LogP) is 0.0948. The molecule has 0 fully saturated rings. The molecular formula is C10H11N3O4S. The number of sulfonamides is 1. The molecular weight excluding hydrogens is 258 g/mol. The van der Waals surface area contributed by atoms with Crippen LogP contribution >= 0.6 is 0 Å². The van der Waals surface area contributed by atoms with Crippen molar-refractivity contribution in [3.05, 3.63) is 24.0 Å². The van der Waals surface area contributed by atoms with Gasteiger partial charge in [0.1, 0.15) is 22.7 Å². The summed E-state index contributed by atoms with van der Waals surface area (Å²) < 4.78 is 25.7. The molecule has 1 atom stereocenters. The number of carboxylic acids is 1. The van der Waals surface area contributed by atoms with Crippen LogP contribution in [0.25, 0.3) is 0 Å². The molecule has 0 aliphatic carbocycles. The number of carbonyl (C=O) groups is 1. The Bertz CT molecular complexity index is 574. The number of aromatic nitrogens is 1. The normalized spacial score (nSPS) is 12.7. The minimum Gasteiger partial charge on any atom is -0.480 e. The summed E-state index contributed by atoms with van der Waals surface area (Å²) in [6.45, 7) is 1.55. The van der Waals surface area contributed by atoms with E-state index in [0.29, 0.717) is 0 Å². The van der Waals surface area contributed by atoms with Crippen molar-refractivity contribution in [1.29, 1.82) is 5.26 Å². The van der Waals surface area contributed by atoms with E-state index in [0.717, 1.165) is 6.20 Å². The molecule has 18 heavy (non-hydrogen) atoms. The lowest BCUT2D eigenvalue weighted by Crippen LogP contribution is -2.40. The first-order valence-corrected chi connectivity index (χ1v) is 6.50. The quantitative estimate of drug-likeness (QED) is 0.781. The Hall–Kier alpha value is -1.98. The molecule has 1 heterocycles. The summed E-state index contributed by atoms with van der Waals surface area (Å²) >= 11 is 0. The number of hydrogen-bond donors (Lipinski definition) is 2. The minimum absolute atomic E-state index is 0.0826. The molecule has 0 bridgehead atoms. The largest absolute Gasteiger partial charge is 0.480 e. The summed E-state index contributed by atoms with van der Waals surface area (Å²) in [5, 5.41) is 17.3. The lowest BCUT2D eigenvalue weighted by Gasteiger charge is -2.12. The second-order valence-electron chi connectivity index (χ2n) is 3.41. The van der Waals surface area contributed by atoms with Crippen LogP contribution in [-0.2, 0) is 14.8 Å². The molecule has 1 aromatic heterocycles. The lowest BCUT2D eigenvalue weighted by molar-refractivity contribution is -0.139. The number of aliphatic carboxylic acids is 1. The maximum atomic E-state index is 11.8. The Labute approximate surface area is 104 Å². The predicted molar refractivity (Wildman–Crippen MR) is 61.0 cm³/mol. The topological polar surface area (TPSA) is 120 Å². The number of nitrogens with zero attached hydrogens (tertiary/aromatic N) is 2. The van der Waals surface area contributed by atoms with E-state index in [9.17, 15) is 13.2 Å². The van der Waals surface area contributed by atoms with Gasteiger partial charge < -0.3 is 5.11 Å². The third kappa shape index (κ3) is 3.26. The molecule has 7 nitrogen and oxygen atoms in total. The van der Waals surface area contributed by atoms with Crippen molar-refractivity contribution in [1.82, 2.24) is 9.71 Å². The fourth-order valence-corrected chi connectivity index (χ4v) is 2.39. The SMILES string of the molecule is CC[C@@H](NS(=O)(=O)c1ccc(C#N)nc1)C(=O)O. The first kappa shape index (κ1) is 14.1. The van der Waals surface area contributed by atoms with Crippen LogP contribution in [0.1, 0.15) is 19.0 Å². The zero-order valence-corrected chi connectivity index (χ0v) is 10.3. The van der Waals surface area contributed by atoms with Crippen molar-refractivity contribution >= 4 is 16.0 Å². The van der Waals surface area contributed by atoms with Gasteiger partial charge in [-0.3, -0.25) is 4.79 Å². The molecule has 1 rings (SSSR count). The molecule has 2 N–H and O–H groups in total. The van der Waals surface area contributed by atoms with E-state index < -0.39 is 22.0 Å². The van der Waals surface area contributed by atoms with E-state index in [2.05, 4.69) is 4.98 Å². The van der Waals surface area contributed by atoms with E-state index >= 15 is 0 Å². The standard InChI is InChI=1S/C10H11N3O4S/c1-2-9(10(14)15)13-18(16,17)8-4-3-7(5-11)12-6-8/h3-4,6,9,13H,2H2,1H3,(H,14,15)/t9-/m1/s1. The van der Waals surface area contributed by atoms with Crippen LogP contribution in [0.3, 0.4) is 0 Å². The number of pyridine rings is 1. The Morgan fingerprint density at radius 3 is 2.67 bits per heavy atom. The fourth-order valence-electron chi connectivity index (χ4n) is 1.17.